The van der Waals surface area contributed by atoms with Gasteiger partial charge in [-0.25, -0.2) is 9.78 Å². The first-order chi connectivity index (χ1) is 7.58. The molecule has 0 N–H and O–H groups in total. The molecule has 0 amide bonds. The summed E-state index contributed by atoms with van der Waals surface area (Å²) in [7, 11) is 1.19. The number of aromatic nitrogens is 1. The zero-order valence-electron chi connectivity index (χ0n) is 8.20. The molecule has 0 radical (unpaired) electrons. The lowest BCUT2D eigenvalue weighted by Crippen LogP contribution is -2.02. The van der Waals surface area contributed by atoms with Crippen molar-refractivity contribution in [2.24, 2.45) is 0 Å². The number of nitrogens with zero attached hydrogens (tertiary/aromatic N) is 2. The van der Waals surface area contributed by atoms with Crippen LogP contribution in [0.1, 0.15) is 5.56 Å². The summed E-state index contributed by atoms with van der Waals surface area (Å²) in [5, 5.41) is 9.08. The number of hydrogen-bond acceptors (Lipinski definition) is 4. The topological polar surface area (TPSA) is 63.0 Å². The van der Waals surface area contributed by atoms with Crippen LogP contribution < -0.4 is 0 Å². The van der Waals surface area contributed by atoms with Crippen LogP contribution >= 0.6 is 23.2 Å². The Morgan fingerprint density at radius 1 is 1.56 bits per heavy atom. The van der Waals surface area contributed by atoms with Crippen molar-refractivity contribution in [1.29, 1.82) is 5.26 Å². The molecule has 0 bridgehead atoms. The second-order valence-corrected chi connectivity index (χ2v) is 3.42. The van der Waals surface area contributed by atoms with Gasteiger partial charge in [-0.3, -0.25) is 0 Å². The van der Waals surface area contributed by atoms with Crippen molar-refractivity contribution in [2.45, 2.75) is 0 Å². The molecule has 4 nitrogen and oxygen atoms in total. The SMILES string of the molecule is COC(=O)/C(C#N)=C/c1ccc(Cl)nc1Cl. The van der Waals surface area contributed by atoms with Gasteiger partial charge in [0.1, 0.15) is 21.9 Å². The Kier molecular flexibility index (Phi) is 4.29. The number of nitriles is 1. The van der Waals surface area contributed by atoms with Gasteiger partial charge in [-0.15, -0.1) is 0 Å². The summed E-state index contributed by atoms with van der Waals surface area (Å²) in [6.45, 7) is 0. The monoisotopic (exact) mass is 256 g/mol. The third-order valence-corrected chi connectivity index (χ3v) is 2.18. The first-order valence-corrected chi connectivity index (χ1v) is 4.86. The van der Waals surface area contributed by atoms with Gasteiger partial charge in [-0.1, -0.05) is 23.2 Å². The third-order valence-electron chi connectivity index (χ3n) is 1.67. The first kappa shape index (κ1) is 12.5. The standard InChI is InChI=1S/C10H6Cl2N2O2/c1-16-10(15)7(5-13)4-6-2-3-8(11)14-9(6)12/h2-4H,1H3/b7-4+. The second-order valence-electron chi connectivity index (χ2n) is 2.68. The van der Waals surface area contributed by atoms with Crippen LogP contribution in [0.15, 0.2) is 17.7 Å². The molecule has 82 valence electrons. The normalized spacial score (nSPS) is 10.8. The van der Waals surface area contributed by atoms with E-state index in [0.717, 1.165) is 0 Å². The average molecular weight is 257 g/mol. The summed E-state index contributed by atoms with van der Waals surface area (Å²) in [5.74, 6) is -0.728. The Morgan fingerprint density at radius 2 is 2.25 bits per heavy atom. The smallest absolute Gasteiger partial charge is 0.348 e. The minimum absolute atomic E-state index is 0.115. The lowest BCUT2D eigenvalue weighted by atomic mass is 10.2. The first-order valence-electron chi connectivity index (χ1n) is 4.10. The van der Waals surface area contributed by atoms with Gasteiger partial charge in [0.25, 0.3) is 0 Å². The summed E-state index contributed by atoms with van der Waals surface area (Å²) in [4.78, 5) is 14.9. The molecule has 1 heterocycles. The van der Waals surface area contributed by atoms with E-state index >= 15 is 0 Å². The molecular formula is C10H6Cl2N2O2. The molecule has 0 fully saturated rings. The molecule has 6 heteroatoms. The summed E-state index contributed by atoms with van der Waals surface area (Å²) in [6, 6.07) is 4.77. The number of hydrogen-bond donors (Lipinski definition) is 0. The Labute approximate surface area is 102 Å². The number of esters is 1. The number of carbonyl (C=O) groups is 1. The predicted octanol–water partition coefficient (Wildman–Crippen LogP) is 2.47. The molecule has 16 heavy (non-hydrogen) atoms. The van der Waals surface area contributed by atoms with Gasteiger partial charge in [-0.05, 0) is 18.2 Å². The van der Waals surface area contributed by atoms with Crippen LogP contribution in [0.5, 0.6) is 0 Å². The van der Waals surface area contributed by atoms with E-state index in [4.69, 9.17) is 28.5 Å². The molecule has 1 rings (SSSR count). The van der Waals surface area contributed by atoms with E-state index in [1.54, 1.807) is 12.1 Å². The number of pyridine rings is 1. The van der Waals surface area contributed by atoms with Gasteiger partial charge in [0.2, 0.25) is 0 Å². The van der Waals surface area contributed by atoms with Crippen LogP contribution in [0.4, 0.5) is 0 Å². The van der Waals surface area contributed by atoms with Crippen molar-refractivity contribution in [3.05, 3.63) is 33.6 Å². The summed E-state index contributed by atoms with van der Waals surface area (Å²) in [5.41, 5.74) is 0.265. The predicted molar refractivity (Wildman–Crippen MR) is 59.9 cm³/mol. The highest BCUT2D eigenvalue weighted by molar-refractivity contribution is 6.33. The van der Waals surface area contributed by atoms with Crippen molar-refractivity contribution in [3.8, 4) is 6.07 Å². The highest BCUT2D eigenvalue weighted by atomic mass is 35.5. The Hall–Kier alpha value is -1.57. The molecule has 1 aromatic rings. The van der Waals surface area contributed by atoms with E-state index < -0.39 is 5.97 Å². The third kappa shape index (κ3) is 2.96. The second kappa shape index (κ2) is 5.50. The number of rotatable bonds is 2. The lowest BCUT2D eigenvalue weighted by Gasteiger charge is -1.99. The largest absolute Gasteiger partial charge is 0.465 e. The molecule has 0 spiro atoms. The van der Waals surface area contributed by atoms with Crippen LogP contribution in [0.3, 0.4) is 0 Å². The van der Waals surface area contributed by atoms with Gasteiger partial charge in [-0.2, -0.15) is 5.26 Å². The Balaban J connectivity index is 3.15. The molecule has 0 saturated carbocycles. The molecule has 1 aromatic heterocycles. The Morgan fingerprint density at radius 3 is 2.75 bits per heavy atom. The lowest BCUT2D eigenvalue weighted by molar-refractivity contribution is -0.135. The summed E-state index contributed by atoms with van der Waals surface area (Å²) < 4.78 is 4.42. The molecule has 0 aliphatic carbocycles. The van der Waals surface area contributed by atoms with E-state index in [1.807, 2.05) is 0 Å². The van der Waals surface area contributed by atoms with Gasteiger partial charge in [0.15, 0.2) is 0 Å². The van der Waals surface area contributed by atoms with Crippen molar-refractivity contribution >= 4 is 35.2 Å². The van der Waals surface area contributed by atoms with Gasteiger partial charge in [0.05, 0.1) is 7.11 Å². The molecule has 0 unspecified atom stereocenters. The summed E-state index contributed by atoms with van der Waals surface area (Å²) >= 11 is 11.4. The van der Waals surface area contributed by atoms with Crippen molar-refractivity contribution in [3.63, 3.8) is 0 Å². The fourth-order valence-corrected chi connectivity index (χ4v) is 1.33. The fraction of sp³-hybridized carbons (Fsp3) is 0.100. The average Bonchev–Trinajstić information content (AvgIpc) is 2.27. The number of halogens is 2. The number of methoxy groups -OCH3 is 1. The molecule has 0 aromatic carbocycles. The van der Waals surface area contributed by atoms with Gasteiger partial charge >= 0.3 is 5.97 Å². The van der Waals surface area contributed by atoms with E-state index in [9.17, 15) is 4.79 Å². The Bertz CT molecular complexity index is 492. The highest BCUT2D eigenvalue weighted by Gasteiger charge is 2.10. The molecular weight excluding hydrogens is 251 g/mol. The van der Waals surface area contributed by atoms with Crippen molar-refractivity contribution in [2.75, 3.05) is 7.11 Å². The molecule has 0 saturated heterocycles. The van der Waals surface area contributed by atoms with Crippen LogP contribution in [0.25, 0.3) is 6.08 Å². The van der Waals surface area contributed by atoms with Crippen LogP contribution in [0.2, 0.25) is 10.3 Å². The molecule has 0 atom stereocenters. The minimum atomic E-state index is -0.728. The van der Waals surface area contributed by atoms with Gasteiger partial charge in [0, 0.05) is 5.56 Å². The zero-order chi connectivity index (χ0) is 12.1. The molecule has 0 aliphatic heterocycles. The summed E-state index contributed by atoms with van der Waals surface area (Å²) in [6.07, 6.45) is 1.29. The zero-order valence-corrected chi connectivity index (χ0v) is 9.71. The van der Waals surface area contributed by atoms with Crippen LogP contribution in [-0.2, 0) is 9.53 Å². The quantitative estimate of drug-likeness (QED) is 0.353. The van der Waals surface area contributed by atoms with Crippen molar-refractivity contribution < 1.29 is 9.53 Å². The maximum atomic E-state index is 11.1. The fourth-order valence-electron chi connectivity index (χ4n) is 0.933. The number of ether oxygens (including phenoxy) is 1. The maximum absolute atomic E-state index is 11.1. The minimum Gasteiger partial charge on any atom is -0.465 e. The van der Waals surface area contributed by atoms with E-state index in [2.05, 4.69) is 9.72 Å². The van der Waals surface area contributed by atoms with Crippen LogP contribution in [0, 0.1) is 11.3 Å². The van der Waals surface area contributed by atoms with E-state index in [1.165, 1.54) is 19.3 Å². The van der Waals surface area contributed by atoms with Crippen LogP contribution in [-0.4, -0.2) is 18.1 Å². The van der Waals surface area contributed by atoms with Gasteiger partial charge < -0.3 is 4.74 Å². The van der Waals surface area contributed by atoms with E-state index in [-0.39, 0.29) is 15.9 Å². The number of carbonyl (C=O) groups excluding carboxylic acids is 1. The maximum Gasteiger partial charge on any atom is 0.348 e. The highest BCUT2D eigenvalue weighted by Crippen LogP contribution is 2.19. The van der Waals surface area contributed by atoms with Crippen molar-refractivity contribution in [1.82, 2.24) is 4.98 Å². The molecule has 0 aliphatic rings. The van der Waals surface area contributed by atoms with E-state index in [0.29, 0.717) is 5.56 Å².